The summed E-state index contributed by atoms with van der Waals surface area (Å²) in [5, 5.41) is 3.06. The van der Waals surface area contributed by atoms with Crippen LogP contribution in [0.4, 0.5) is 0 Å². The molecule has 0 unspecified atom stereocenters. The number of benzene rings is 1. The van der Waals surface area contributed by atoms with Gasteiger partial charge < -0.3 is 15.0 Å². The zero-order valence-electron chi connectivity index (χ0n) is 15.7. The lowest BCUT2D eigenvalue weighted by Crippen LogP contribution is -2.47. The third-order valence-corrected chi connectivity index (χ3v) is 4.51. The molecule has 2 rings (SSSR count). The topological polar surface area (TPSA) is 58.6 Å². The molecule has 0 spiro atoms. The van der Waals surface area contributed by atoms with Crippen LogP contribution in [0.2, 0.25) is 0 Å². The van der Waals surface area contributed by atoms with E-state index in [1.54, 1.807) is 4.90 Å². The highest BCUT2D eigenvalue weighted by Gasteiger charge is 2.32. The lowest BCUT2D eigenvalue weighted by Gasteiger charge is -2.24. The van der Waals surface area contributed by atoms with Gasteiger partial charge in [0.25, 0.3) is 0 Å². The number of amides is 2. The van der Waals surface area contributed by atoms with Crippen LogP contribution in [0.25, 0.3) is 0 Å². The lowest BCUT2D eigenvalue weighted by molar-refractivity contribution is -0.137. The first-order valence-electron chi connectivity index (χ1n) is 9.20. The molecule has 0 bridgehead atoms. The van der Waals surface area contributed by atoms with Crippen LogP contribution >= 0.6 is 0 Å². The number of carbonyl (C=O) groups excluding carboxylic acids is 2. The van der Waals surface area contributed by atoms with E-state index >= 15 is 0 Å². The summed E-state index contributed by atoms with van der Waals surface area (Å²) in [6, 6.07) is 7.89. The van der Waals surface area contributed by atoms with Crippen LogP contribution in [-0.2, 0) is 16.0 Å². The second-order valence-electron chi connectivity index (χ2n) is 7.13. The number of aryl methyl sites for hydroxylation is 1. The van der Waals surface area contributed by atoms with Gasteiger partial charge in [-0.1, -0.05) is 12.1 Å². The molecule has 0 radical (unpaired) electrons. The van der Waals surface area contributed by atoms with Crippen molar-refractivity contribution < 1.29 is 14.3 Å². The molecule has 138 valence electrons. The highest BCUT2D eigenvalue weighted by molar-refractivity contribution is 5.87. The van der Waals surface area contributed by atoms with Gasteiger partial charge in [-0.15, -0.1) is 0 Å². The zero-order chi connectivity index (χ0) is 18.4. The van der Waals surface area contributed by atoms with Crippen LogP contribution in [0.1, 0.15) is 52.5 Å². The third kappa shape index (κ3) is 5.76. The van der Waals surface area contributed by atoms with E-state index in [0.29, 0.717) is 6.54 Å². The van der Waals surface area contributed by atoms with Gasteiger partial charge in [-0.05, 0) is 64.2 Å². The number of nitrogens with one attached hydrogen (secondary N) is 1. The minimum atomic E-state index is -0.299. The smallest absolute Gasteiger partial charge is 0.243 e. The van der Waals surface area contributed by atoms with Crippen molar-refractivity contribution in [1.29, 1.82) is 0 Å². The predicted molar refractivity (Wildman–Crippen MR) is 98.5 cm³/mol. The van der Waals surface area contributed by atoms with Crippen LogP contribution in [-0.4, -0.2) is 41.4 Å². The van der Waals surface area contributed by atoms with Crippen molar-refractivity contribution in [3.05, 3.63) is 29.8 Å². The molecule has 25 heavy (non-hydrogen) atoms. The highest BCUT2D eigenvalue weighted by Crippen LogP contribution is 2.18. The fourth-order valence-electron chi connectivity index (χ4n) is 3.22. The number of nitrogens with zero attached hydrogens (tertiary/aromatic N) is 1. The van der Waals surface area contributed by atoms with Gasteiger partial charge in [-0.25, -0.2) is 0 Å². The molecule has 0 aromatic heterocycles. The molecule has 1 aliphatic rings. The first-order valence-corrected chi connectivity index (χ1v) is 9.20. The molecule has 2 atom stereocenters. The number of rotatable bonds is 7. The third-order valence-electron chi connectivity index (χ3n) is 4.51. The van der Waals surface area contributed by atoms with Crippen LogP contribution in [0.5, 0.6) is 5.75 Å². The lowest BCUT2D eigenvalue weighted by atomic mass is 10.1. The Kier molecular flexibility index (Phi) is 6.85. The number of carbonyl (C=O) groups is 2. The largest absolute Gasteiger partial charge is 0.491 e. The van der Waals surface area contributed by atoms with Crippen molar-refractivity contribution in [3.8, 4) is 5.75 Å². The fourth-order valence-corrected chi connectivity index (χ4v) is 3.22. The second kappa shape index (κ2) is 8.88. The normalized spacial score (nSPS) is 18.3. The first kappa shape index (κ1) is 19.3. The molecule has 1 aliphatic heterocycles. The summed E-state index contributed by atoms with van der Waals surface area (Å²) in [6.45, 7) is 8.25. The van der Waals surface area contributed by atoms with Crippen molar-refractivity contribution in [2.24, 2.45) is 0 Å². The molecular weight excluding hydrogens is 316 g/mol. The fraction of sp³-hybridized carbons (Fsp3) is 0.600. The summed E-state index contributed by atoms with van der Waals surface area (Å²) in [5.41, 5.74) is 1.23. The Hall–Kier alpha value is -2.04. The Morgan fingerprint density at radius 3 is 2.52 bits per heavy atom. The molecule has 1 aromatic rings. The van der Waals surface area contributed by atoms with E-state index in [2.05, 4.69) is 17.4 Å². The monoisotopic (exact) mass is 346 g/mol. The Morgan fingerprint density at radius 2 is 1.92 bits per heavy atom. The molecule has 2 amide bonds. The molecule has 1 N–H and O–H groups in total. The van der Waals surface area contributed by atoms with Crippen molar-refractivity contribution in [3.63, 3.8) is 0 Å². The van der Waals surface area contributed by atoms with Gasteiger partial charge in [0, 0.05) is 19.5 Å². The summed E-state index contributed by atoms with van der Waals surface area (Å²) in [6.07, 6.45) is 3.59. The number of hydrogen-bond acceptors (Lipinski definition) is 3. The van der Waals surface area contributed by atoms with E-state index in [1.165, 1.54) is 12.5 Å². The Morgan fingerprint density at radius 1 is 1.24 bits per heavy atom. The zero-order valence-corrected chi connectivity index (χ0v) is 15.7. The van der Waals surface area contributed by atoms with E-state index in [1.807, 2.05) is 32.9 Å². The second-order valence-corrected chi connectivity index (χ2v) is 7.13. The van der Waals surface area contributed by atoms with Crippen molar-refractivity contribution in [2.75, 3.05) is 6.54 Å². The molecule has 1 aromatic carbocycles. The molecule has 0 saturated carbocycles. The minimum Gasteiger partial charge on any atom is -0.491 e. The average Bonchev–Trinajstić information content (AvgIpc) is 3.03. The van der Waals surface area contributed by atoms with Crippen molar-refractivity contribution >= 4 is 11.8 Å². The van der Waals surface area contributed by atoms with Gasteiger partial charge in [0.05, 0.1) is 6.10 Å². The quantitative estimate of drug-likeness (QED) is 0.826. The maximum absolute atomic E-state index is 12.4. The Labute approximate surface area is 150 Å². The maximum atomic E-state index is 12.4. The Bertz CT molecular complexity index is 583. The van der Waals surface area contributed by atoms with Gasteiger partial charge in [0.2, 0.25) is 11.8 Å². The molecule has 5 nitrogen and oxygen atoms in total. The molecule has 1 fully saturated rings. The van der Waals surface area contributed by atoms with Gasteiger partial charge in [-0.2, -0.15) is 0 Å². The number of likely N-dealkylation sites (tertiary alicyclic amines) is 1. The predicted octanol–water partition coefficient (Wildman–Crippen LogP) is 2.92. The van der Waals surface area contributed by atoms with Crippen LogP contribution < -0.4 is 10.1 Å². The van der Waals surface area contributed by atoms with Crippen LogP contribution in [0.3, 0.4) is 0 Å². The molecule has 5 heteroatoms. The summed E-state index contributed by atoms with van der Waals surface area (Å²) in [7, 11) is 0. The first-order chi connectivity index (χ1) is 11.9. The molecular formula is C20H30N2O3. The number of hydrogen-bond donors (Lipinski definition) is 1. The molecule has 0 aliphatic carbocycles. The Balaban J connectivity index is 1.79. The van der Waals surface area contributed by atoms with Crippen LogP contribution in [0.15, 0.2) is 24.3 Å². The van der Waals surface area contributed by atoms with E-state index < -0.39 is 0 Å². The minimum absolute atomic E-state index is 0.0194. The summed E-state index contributed by atoms with van der Waals surface area (Å²) in [5.74, 6) is 0.834. The number of ether oxygens (including phenoxy) is 1. The molecule has 1 heterocycles. The van der Waals surface area contributed by atoms with E-state index in [4.69, 9.17) is 4.74 Å². The van der Waals surface area contributed by atoms with Gasteiger partial charge >= 0.3 is 0 Å². The van der Waals surface area contributed by atoms with Crippen molar-refractivity contribution in [2.45, 2.75) is 71.6 Å². The molecule has 1 saturated heterocycles. The van der Waals surface area contributed by atoms with E-state index in [-0.39, 0.29) is 30.0 Å². The van der Waals surface area contributed by atoms with Crippen LogP contribution in [0, 0.1) is 0 Å². The SMILES string of the molecule is CC(=O)N1CCC[C@H]1C(=O)N[C@H](C)CCc1ccc(OC(C)C)cc1. The van der Waals surface area contributed by atoms with E-state index in [9.17, 15) is 9.59 Å². The summed E-state index contributed by atoms with van der Waals surface area (Å²) >= 11 is 0. The van der Waals surface area contributed by atoms with Gasteiger partial charge in [0.1, 0.15) is 11.8 Å². The summed E-state index contributed by atoms with van der Waals surface area (Å²) in [4.78, 5) is 25.7. The highest BCUT2D eigenvalue weighted by atomic mass is 16.5. The standard InChI is InChI=1S/C20H30N2O3/c1-14(2)25-18-11-9-17(10-12-18)8-7-15(3)21-20(24)19-6-5-13-22(19)16(4)23/h9-12,14-15,19H,5-8,13H2,1-4H3,(H,21,24)/t15-,19+/m1/s1. The average molecular weight is 346 g/mol. The van der Waals surface area contributed by atoms with Gasteiger partial charge in [0.15, 0.2) is 0 Å². The van der Waals surface area contributed by atoms with Gasteiger partial charge in [-0.3, -0.25) is 9.59 Å². The van der Waals surface area contributed by atoms with E-state index in [0.717, 1.165) is 31.4 Å². The maximum Gasteiger partial charge on any atom is 0.243 e. The summed E-state index contributed by atoms with van der Waals surface area (Å²) < 4.78 is 5.64. The van der Waals surface area contributed by atoms with Crippen molar-refractivity contribution in [1.82, 2.24) is 10.2 Å².